The topological polar surface area (TPSA) is 68.3 Å². The second kappa shape index (κ2) is 9.19. The van der Waals surface area contributed by atoms with E-state index in [0.29, 0.717) is 21.8 Å². The van der Waals surface area contributed by atoms with E-state index in [0.717, 1.165) is 5.56 Å². The first-order valence-corrected chi connectivity index (χ1v) is 9.93. The molecule has 0 unspecified atom stereocenters. The first-order valence-electron chi connectivity index (χ1n) is 8.71. The molecule has 1 atom stereocenters. The van der Waals surface area contributed by atoms with Crippen molar-refractivity contribution in [3.63, 3.8) is 0 Å². The maximum absolute atomic E-state index is 12.9. The van der Waals surface area contributed by atoms with E-state index in [-0.39, 0.29) is 0 Å². The van der Waals surface area contributed by atoms with Crippen molar-refractivity contribution < 1.29 is 14.3 Å². The van der Waals surface area contributed by atoms with Gasteiger partial charge in [0, 0.05) is 17.4 Å². The number of amides is 1. The van der Waals surface area contributed by atoms with E-state index < -0.39 is 18.0 Å². The molecule has 0 radical (unpaired) electrons. The van der Waals surface area contributed by atoms with Gasteiger partial charge in [-0.25, -0.2) is 9.78 Å². The van der Waals surface area contributed by atoms with Crippen molar-refractivity contribution in [2.45, 2.75) is 18.1 Å². The molecule has 1 heterocycles. The zero-order valence-corrected chi connectivity index (χ0v) is 16.4. The molecule has 0 aliphatic heterocycles. The van der Waals surface area contributed by atoms with E-state index in [4.69, 9.17) is 4.74 Å². The van der Waals surface area contributed by atoms with Crippen molar-refractivity contribution in [1.82, 2.24) is 4.98 Å². The van der Waals surface area contributed by atoms with Crippen LogP contribution < -0.4 is 5.32 Å². The zero-order chi connectivity index (χ0) is 19.9. The van der Waals surface area contributed by atoms with Gasteiger partial charge in [0.25, 0.3) is 5.91 Å². The standard InChI is InChI=1S/C22H20N2O3S/c1-15-10-12-17(13-11-15)24-20(25)19(16-7-4-3-5-8-16)27-22(26)18-9-6-14-23-21(18)28-2/h3-14,19H,1-2H3,(H,24,25)/t19-/m1/s1. The van der Waals surface area contributed by atoms with Gasteiger partial charge < -0.3 is 10.1 Å². The highest BCUT2D eigenvalue weighted by molar-refractivity contribution is 7.98. The summed E-state index contributed by atoms with van der Waals surface area (Å²) >= 11 is 1.35. The number of aromatic nitrogens is 1. The molecular formula is C22H20N2O3S. The monoisotopic (exact) mass is 392 g/mol. The van der Waals surface area contributed by atoms with E-state index in [1.807, 2.05) is 43.5 Å². The molecule has 0 saturated heterocycles. The van der Waals surface area contributed by atoms with Crippen LogP contribution >= 0.6 is 11.8 Å². The fraction of sp³-hybridized carbons (Fsp3) is 0.136. The maximum atomic E-state index is 12.9. The lowest BCUT2D eigenvalue weighted by molar-refractivity contribution is -0.125. The molecule has 6 heteroatoms. The van der Waals surface area contributed by atoms with Crippen molar-refractivity contribution in [1.29, 1.82) is 0 Å². The zero-order valence-electron chi connectivity index (χ0n) is 15.6. The highest BCUT2D eigenvalue weighted by Crippen LogP contribution is 2.24. The number of pyridine rings is 1. The summed E-state index contributed by atoms with van der Waals surface area (Å²) in [6.07, 6.45) is 2.36. The Hall–Kier alpha value is -3.12. The molecule has 5 nitrogen and oxygen atoms in total. The van der Waals surface area contributed by atoms with Crippen molar-refractivity contribution in [3.8, 4) is 0 Å². The third-order valence-corrected chi connectivity index (χ3v) is 4.78. The summed E-state index contributed by atoms with van der Waals surface area (Å²) in [6.45, 7) is 1.97. The molecule has 0 spiro atoms. The Labute approximate surface area is 168 Å². The molecule has 0 aliphatic carbocycles. The lowest BCUT2D eigenvalue weighted by Crippen LogP contribution is -2.26. The predicted octanol–water partition coefficient (Wildman–Crippen LogP) is 4.65. The van der Waals surface area contributed by atoms with Gasteiger partial charge in [-0.15, -0.1) is 11.8 Å². The smallest absolute Gasteiger partial charge is 0.342 e. The van der Waals surface area contributed by atoms with Crippen molar-refractivity contribution >= 4 is 29.3 Å². The van der Waals surface area contributed by atoms with E-state index in [9.17, 15) is 9.59 Å². The second-order valence-corrected chi connectivity index (χ2v) is 6.91. The Kier molecular flexibility index (Phi) is 6.45. The molecule has 1 N–H and O–H groups in total. The summed E-state index contributed by atoms with van der Waals surface area (Å²) < 4.78 is 5.62. The first kappa shape index (κ1) is 19.6. The SMILES string of the molecule is CSc1ncccc1C(=O)O[C@@H](C(=O)Nc1ccc(C)cc1)c1ccccc1. The Morgan fingerprint density at radius 3 is 2.39 bits per heavy atom. The predicted molar refractivity (Wildman–Crippen MR) is 110 cm³/mol. The number of nitrogens with one attached hydrogen (secondary N) is 1. The Morgan fingerprint density at radius 1 is 1.00 bits per heavy atom. The van der Waals surface area contributed by atoms with Crippen LogP contribution in [0.3, 0.4) is 0 Å². The number of aryl methyl sites for hydroxylation is 1. The highest BCUT2D eigenvalue weighted by Gasteiger charge is 2.27. The molecule has 0 fully saturated rings. The summed E-state index contributed by atoms with van der Waals surface area (Å²) in [6, 6.07) is 19.7. The van der Waals surface area contributed by atoms with Crippen LogP contribution in [0, 0.1) is 6.92 Å². The number of esters is 1. The van der Waals surface area contributed by atoms with Gasteiger partial charge in [0.05, 0.1) is 5.56 Å². The average molecular weight is 392 g/mol. The summed E-state index contributed by atoms with van der Waals surface area (Å²) in [5, 5.41) is 3.37. The third kappa shape index (κ3) is 4.78. The average Bonchev–Trinajstić information content (AvgIpc) is 2.74. The number of hydrogen-bond acceptors (Lipinski definition) is 5. The van der Waals surface area contributed by atoms with Gasteiger partial charge in [0.1, 0.15) is 5.03 Å². The fourth-order valence-corrected chi connectivity index (χ4v) is 3.16. The molecule has 0 saturated carbocycles. The van der Waals surface area contributed by atoms with Crippen LogP contribution in [0.2, 0.25) is 0 Å². The number of rotatable bonds is 6. The number of nitrogens with zero attached hydrogens (tertiary/aromatic N) is 1. The Bertz CT molecular complexity index is 959. The van der Waals surface area contributed by atoms with Crippen LogP contribution in [0.25, 0.3) is 0 Å². The molecule has 142 valence electrons. The molecule has 0 bridgehead atoms. The molecule has 1 amide bonds. The normalized spacial score (nSPS) is 11.5. The number of carbonyl (C=O) groups excluding carboxylic acids is 2. The number of benzene rings is 2. The van der Waals surface area contributed by atoms with Crippen molar-refractivity contribution in [3.05, 3.63) is 89.6 Å². The fourth-order valence-electron chi connectivity index (χ4n) is 2.62. The molecule has 3 rings (SSSR count). The summed E-state index contributed by atoms with van der Waals surface area (Å²) in [5.74, 6) is -1.01. The van der Waals surface area contributed by atoms with Crippen LogP contribution in [0.15, 0.2) is 78.0 Å². The lowest BCUT2D eigenvalue weighted by Gasteiger charge is -2.18. The van der Waals surface area contributed by atoms with E-state index in [1.54, 1.807) is 42.6 Å². The second-order valence-electron chi connectivity index (χ2n) is 6.11. The van der Waals surface area contributed by atoms with Gasteiger partial charge in [0.2, 0.25) is 6.10 Å². The first-order chi connectivity index (χ1) is 13.6. The van der Waals surface area contributed by atoms with Crippen LogP contribution in [0.5, 0.6) is 0 Å². The number of anilines is 1. The number of thioether (sulfide) groups is 1. The number of carbonyl (C=O) groups is 2. The molecule has 1 aromatic heterocycles. The molecule has 2 aromatic carbocycles. The van der Waals surface area contributed by atoms with Gasteiger partial charge in [-0.05, 0) is 37.4 Å². The lowest BCUT2D eigenvalue weighted by atomic mass is 10.1. The van der Waals surface area contributed by atoms with Crippen LogP contribution in [-0.4, -0.2) is 23.1 Å². The van der Waals surface area contributed by atoms with Gasteiger partial charge >= 0.3 is 5.97 Å². The van der Waals surface area contributed by atoms with E-state index in [2.05, 4.69) is 10.3 Å². The Balaban J connectivity index is 1.86. The summed E-state index contributed by atoms with van der Waals surface area (Å²) in [7, 11) is 0. The number of ether oxygens (including phenoxy) is 1. The van der Waals surface area contributed by atoms with Crippen LogP contribution in [0.4, 0.5) is 5.69 Å². The molecular weight excluding hydrogens is 372 g/mol. The molecule has 0 aliphatic rings. The quantitative estimate of drug-likeness (QED) is 0.489. The largest absolute Gasteiger partial charge is 0.444 e. The van der Waals surface area contributed by atoms with Gasteiger partial charge in [-0.1, -0.05) is 48.0 Å². The molecule has 3 aromatic rings. The minimum atomic E-state index is -1.08. The van der Waals surface area contributed by atoms with Crippen LogP contribution in [-0.2, 0) is 9.53 Å². The van der Waals surface area contributed by atoms with Gasteiger partial charge in [0.15, 0.2) is 0 Å². The third-order valence-electron chi connectivity index (χ3n) is 4.07. The minimum Gasteiger partial charge on any atom is -0.444 e. The van der Waals surface area contributed by atoms with E-state index in [1.165, 1.54) is 11.8 Å². The van der Waals surface area contributed by atoms with Gasteiger partial charge in [-0.3, -0.25) is 4.79 Å². The number of hydrogen-bond donors (Lipinski definition) is 1. The highest BCUT2D eigenvalue weighted by atomic mass is 32.2. The Morgan fingerprint density at radius 2 is 1.71 bits per heavy atom. The van der Waals surface area contributed by atoms with Crippen molar-refractivity contribution in [2.75, 3.05) is 11.6 Å². The minimum absolute atomic E-state index is 0.332. The van der Waals surface area contributed by atoms with E-state index >= 15 is 0 Å². The maximum Gasteiger partial charge on any atom is 0.342 e. The van der Waals surface area contributed by atoms with Gasteiger partial charge in [-0.2, -0.15) is 0 Å². The summed E-state index contributed by atoms with van der Waals surface area (Å²) in [4.78, 5) is 29.8. The van der Waals surface area contributed by atoms with Crippen molar-refractivity contribution in [2.24, 2.45) is 0 Å². The summed E-state index contributed by atoms with van der Waals surface area (Å²) in [5.41, 5.74) is 2.65. The molecule has 28 heavy (non-hydrogen) atoms. The van der Waals surface area contributed by atoms with Crippen LogP contribution in [0.1, 0.15) is 27.6 Å².